The molecule has 0 heterocycles. The fourth-order valence-corrected chi connectivity index (χ4v) is 4.28. The summed E-state index contributed by atoms with van der Waals surface area (Å²) in [6, 6.07) is 12.3. The second kappa shape index (κ2) is 6.81. The fourth-order valence-electron chi connectivity index (χ4n) is 2.98. The predicted octanol–water partition coefficient (Wildman–Crippen LogP) is 3.31. The molecule has 0 unspecified atom stereocenters. The molecule has 0 aromatic heterocycles. The number of benzene rings is 2. The Kier molecular flexibility index (Phi) is 4.86. The van der Waals surface area contributed by atoms with Crippen LogP contribution in [0.15, 0.2) is 42.5 Å². The quantitative estimate of drug-likeness (QED) is 0.786. The summed E-state index contributed by atoms with van der Waals surface area (Å²) in [5.41, 5.74) is 3.77. The van der Waals surface area contributed by atoms with E-state index in [-0.39, 0.29) is 5.56 Å². The number of carbonyl (C=O) groups excluding carboxylic acids is 1. The zero-order valence-corrected chi connectivity index (χ0v) is 15.5. The minimum absolute atomic E-state index is 0.203. The minimum atomic E-state index is -3.72. The van der Waals surface area contributed by atoms with Gasteiger partial charge < -0.3 is 0 Å². The van der Waals surface area contributed by atoms with E-state index >= 15 is 0 Å². The largest absolute Gasteiger partial charge is 0.274 e. The third kappa shape index (κ3) is 3.37. The molecule has 0 radical (unpaired) electrons. The molecular formula is C19H21FN2O3S. The lowest BCUT2D eigenvalue weighted by molar-refractivity contribution is 0.0940. The van der Waals surface area contributed by atoms with E-state index in [1.807, 2.05) is 30.3 Å². The lowest BCUT2D eigenvalue weighted by Gasteiger charge is -2.37. The Morgan fingerprint density at radius 3 is 2.35 bits per heavy atom. The van der Waals surface area contributed by atoms with Crippen LogP contribution < -0.4 is 10.3 Å². The topological polar surface area (TPSA) is 75.3 Å². The van der Waals surface area contributed by atoms with Gasteiger partial charge in [0.15, 0.2) is 0 Å². The number of aryl methyl sites for hydroxylation is 1. The number of hydrogen-bond acceptors (Lipinski definition) is 3. The van der Waals surface area contributed by atoms with Gasteiger partial charge in [0.2, 0.25) is 10.0 Å². The molecule has 2 N–H and O–H groups in total. The molecule has 138 valence electrons. The number of hydrogen-bond donors (Lipinski definition) is 2. The lowest BCUT2D eigenvalue weighted by atomic mass is 9.86. The number of hydrazine groups is 1. The summed E-state index contributed by atoms with van der Waals surface area (Å²) in [5, 5.41) is 0. The fraction of sp³-hybridized carbons (Fsp3) is 0.316. The maximum Gasteiger partial charge on any atom is 0.269 e. The zero-order valence-electron chi connectivity index (χ0n) is 14.7. The summed E-state index contributed by atoms with van der Waals surface area (Å²) in [5.74, 6) is -1.49. The molecule has 7 heteroatoms. The molecule has 1 aliphatic rings. The van der Waals surface area contributed by atoms with Crippen molar-refractivity contribution in [1.29, 1.82) is 0 Å². The van der Waals surface area contributed by atoms with Gasteiger partial charge in [-0.3, -0.25) is 10.2 Å². The van der Waals surface area contributed by atoms with Crippen LogP contribution in [-0.4, -0.2) is 19.1 Å². The zero-order chi connectivity index (χ0) is 18.9. The third-order valence-electron chi connectivity index (χ3n) is 4.97. The van der Waals surface area contributed by atoms with Gasteiger partial charge in [-0.2, -0.15) is 0 Å². The van der Waals surface area contributed by atoms with Crippen LogP contribution in [0, 0.1) is 12.7 Å². The highest BCUT2D eigenvalue weighted by Crippen LogP contribution is 2.37. The summed E-state index contributed by atoms with van der Waals surface area (Å²) in [6.45, 7) is 3.20. The highest BCUT2D eigenvalue weighted by molar-refractivity contribution is 7.90. The molecule has 1 fully saturated rings. The standard InChI is InChI=1S/C19H21FN2O3S/c1-13-11-15(14-7-4-3-5-8-14)12-16(17(13)20)18(23)21-22-26(24,25)19(2)9-6-10-19/h3-5,7-8,11-12,22H,6,9-10H2,1-2H3,(H,21,23). The van der Waals surface area contributed by atoms with Crippen LogP contribution in [0.25, 0.3) is 11.1 Å². The van der Waals surface area contributed by atoms with Gasteiger partial charge in [0.1, 0.15) is 5.82 Å². The first-order valence-corrected chi connectivity index (χ1v) is 9.89. The van der Waals surface area contributed by atoms with Crippen molar-refractivity contribution in [3.8, 4) is 11.1 Å². The lowest BCUT2D eigenvalue weighted by Crippen LogP contribution is -2.54. The van der Waals surface area contributed by atoms with Crippen LogP contribution in [0.4, 0.5) is 4.39 Å². The summed E-state index contributed by atoms with van der Waals surface area (Å²) < 4.78 is 38.1. The Morgan fingerprint density at radius 2 is 1.77 bits per heavy atom. The number of amides is 1. The van der Waals surface area contributed by atoms with Crippen LogP contribution in [0.3, 0.4) is 0 Å². The van der Waals surface area contributed by atoms with Gasteiger partial charge in [-0.05, 0) is 55.5 Å². The smallest absolute Gasteiger partial charge is 0.269 e. The summed E-state index contributed by atoms with van der Waals surface area (Å²) in [4.78, 5) is 14.5. The second-order valence-electron chi connectivity index (χ2n) is 6.88. The van der Waals surface area contributed by atoms with Gasteiger partial charge in [0, 0.05) is 0 Å². The van der Waals surface area contributed by atoms with Gasteiger partial charge in [-0.25, -0.2) is 12.8 Å². The van der Waals surface area contributed by atoms with Gasteiger partial charge in [0.05, 0.1) is 10.3 Å². The Bertz CT molecular complexity index is 939. The molecule has 2 aromatic carbocycles. The highest BCUT2D eigenvalue weighted by Gasteiger charge is 2.44. The third-order valence-corrected chi connectivity index (χ3v) is 7.04. The molecule has 0 saturated heterocycles. The van der Waals surface area contributed by atoms with Crippen molar-refractivity contribution in [1.82, 2.24) is 10.3 Å². The first kappa shape index (κ1) is 18.5. The van der Waals surface area contributed by atoms with Crippen molar-refractivity contribution >= 4 is 15.9 Å². The SMILES string of the molecule is Cc1cc(-c2ccccc2)cc(C(=O)NNS(=O)(=O)C2(C)CCC2)c1F. The molecule has 3 rings (SSSR count). The average Bonchev–Trinajstić information content (AvgIpc) is 2.60. The van der Waals surface area contributed by atoms with Gasteiger partial charge >= 0.3 is 0 Å². The normalized spacial score (nSPS) is 16.0. The van der Waals surface area contributed by atoms with Crippen molar-refractivity contribution in [2.45, 2.75) is 37.9 Å². The molecule has 0 atom stereocenters. The van der Waals surface area contributed by atoms with Gasteiger partial charge in [0.25, 0.3) is 5.91 Å². The molecule has 2 aromatic rings. The highest BCUT2D eigenvalue weighted by atomic mass is 32.2. The van der Waals surface area contributed by atoms with Crippen LogP contribution in [0.5, 0.6) is 0 Å². The molecule has 1 saturated carbocycles. The minimum Gasteiger partial charge on any atom is -0.274 e. The van der Waals surface area contributed by atoms with Crippen LogP contribution in [0.2, 0.25) is 0 Å². The van der Waals surface area contributed by atoms with Crippen LogP contribution in [0.1, 0.15) is 42.1 Å². The van der Waals surface area contributed by atoms with Crippen LogP contribution >= 0.6 is 0 Å². The number of sulfonamides is 1. The van der Waals surface area contributed by atoms with Gasteiger partial charge in [-0.1, -0.05) is 36.8 Å². The number of carbonyl (C=O) groups is 1. The molecule has 0 spiro atoms. The molecule has 0 bridgehead atoms. The first-order chi connectivity index (χ1) is 12.2. The summed E-state index contributed by atoms with van der Waals surface area (Å²) in [6.07, 6.45) is 1.91. The van der Waals surface area contributed by atoms with Crippen molar-refractivity contribution < 1.29 is 17.6 Å². The van der Waals surface area contributed by atoms with Crippen molar-refractivity contribution in [3.63, 3.8) is 0 Å². The Morgan fingerprint density at radius 1 is 1.12 bits per heavy atom. The predicted molar refractivity (Wildman–Crippen MR) is 98.4 cm³/mol. The van der Waals surface area contributed by atoms with E-state index in [1.165, 1.54) is 6.07 Å². The Labute approximate surface area is 152 Å². The average molecular weight is 376 g/mol. The van der Waals surface area contributed by atoms with E-state index in [0.717, 1.165) is 12.0 Å². The van der Waals surface area contributed by atoms with Crippen molar-refractivity contribution in [2.75, 3.05) is 0 Å². The molecule has 0 aliphatic heterocycles. The van der Waals surface area contributed by atoms with E-state index in [2.05, 4.69) is 10.3 Å². The Hall–Kier alpha value is -2.25. The molecule has 1 aliphatic carbocycles. The summed E-state index contributed by atoms with van der Waals surface area (Å²) >= 11 is 0. The first-order valence-electron chi connectivity index (χ1n) is 8.41. The molecular weight excluding hydrogens is 355 g/mol. The van der Waals surface area contributed by atoms with Crippen LogP contribution in [-0.2, 0) is 10.0 Å². The maximum absolute atomic E-state index is 14.4. The second-order valence-corrected chi connectivity index (χ2v) is 9.08. The van der Waals surface area contributed by atoms with Gasteiger partial charge in [-0.15, -0.1) is 4.83 Å². The summed E-state index contributed by atoms with van der Waals surface area (Å²) in [7, 11) is -3.72. The number of rotatable bonds is 5. The molecule has 1 amide bonds. The van der Waals surface area contributed by atoms with E-state index in [9.17, 15) is 17.6 Å². The number of nitrogens with one attached hydrogen (secondary N) is 2. The van der Waals surface area contributed by atoms with E-state index < -0.39 is 26.5 Å². The van der Waals surface area contributed by atoms with E-state index in [4.69, 9.17) is 0 Å². The monoisotopic (exact) mass is 376 g/mol. The molecule has 5 nitrogen and oxygen atoms in total. The van der Waals surface area contributed by atoms with E-state index in [0.29, 0.717) is 24.0 Å². The van der Waals surface area contributed by atoms with Crippen molar-refractivity contribution in [2.24, 2.45) is 0 Å². The van der Waals surface area contributed by atoms with Crippen molar-refractivity contribution in [3.05, 3.63) is 59.4 Å². The maximum atomic E-state index is 14.4. The molecule has 26 heavy (non-hydrogen) atoms. The Balaban J connectivity index is 1.84. The number of halogens is 1. The van der Waals surface area contributed by atoms with E-state index in [1.54, 1.807) is 19.9 Å².